The summed E-state index contributed by atoms with van der Waals surface area (Å²) in [4.78, 5) is 78.1. The van der Waals surface area contributed by atoms with E-state index < -0.39 is 107 Å². The Kier molecular flexibility index (Phi) is 13.9. The summed E-state index contributed by atoms with van der Waals surface area (Å²) in [6, 6.07) is 0. The summed E-state index contributed by atoms with van der Waals surface area (Å²) >= 11 is 0. The first-order valence-corrected chi connectivity index (χ1v) is 19.8. The molecule has 0 radical (unpaired) electrons. The summed E-state index contributed by atoms with van der Waals surface area (Å²) in [7, 11) is 0. The molecule has 0 aromatic carbocycles. The van der Waals surface area contributed by atoms with Gasteiger partial charge in [0, 0.05) is 6.42 Å². The molecular weight excluding hydrogens is 744 g/mol. The summed E-state index contributed by atoms with van der Waals surface area (Å²) < 4.78 is 33.3. The minimum Gasteiger partial charge on any atom is -0.481 e. The molecule has 6 aliphatic heterocycles. The molecular formula is C38H54O18. The zero-order chi connectivity index (χ0) is 40.3. The smallest absolute Gasteiger partial charge is 0.308 e. The number of hydrogen-bond acceptors (Lipinski definition) is 12. The van der Waals surface area contributed by atoms with Gasteiger partial charge in [0.25, 0.3) is 0 Å². The summed E-state index contributed by atoms with van der Waals surface area (Å²) in [6.45, 7) is 2.10. The maximum absolute atomic E-state index is 13.8. The molecule has 0 aliphatic carbocycles. The molecule has 0 aromatic rings. The van der Waals surface area contributed by atoms with Crippen molar-refractivity contribution in [3.05, 3.63) is 0 Å². The lowest BCUT2D eigenvalue weighted by molar-refractivity contribution is -0.174. The van der Waals surface area contributed by atoms with Crippen molar-refractivity contribution in [2.45, 2.75) is 101 Å². The fourth-order valence-electron chi connectivity index (χ4n) is 9.52. The summed E-state index contributed by atoms with van der Waals surface area (Å²) in [5.74, 6) is -22.1. The molecule has 18 heteroatoms. The van der Waals surface area contributed by atoms with Crippen LogP contribution in [0.5, 0.6) is 0 Å². The Morgan fingerprint density at radius 3 is 1.16 bits per heavy atom. The van der Waals surface area contributed by atoms with Gasteiger partial charge in [-0.3, -0.25) is 28.8 Å². The summed E-state index contributed by atoms with van der Waals surface area (Å²) in [5, 5.41) is 63.5. The molecule has 16 unspecified atom stereocenters. The second kappa shape index (κ2) is 18.4. The van der Waals surface area contributed by atoms with Gasteiger partial charge in [0.05, 0.1) is 106 Å². The van der Waals surface area contributed by atoms with E-state index in [1.165, 1.54) is 0 Å². The molecule has 6 N–H and O–H groups in total. The van der Waals surface area contributed by atoms with Gasteiger partial charge in [-0.1, -0.05) is 6.42 Å². The number of ether oxygens (including phenoxy) is 6. The average molecular weight is 799 g/mol. The lowest BCUT2D eigenvalue weighted by Gasteiger charge is -2.44. The number of unbranched alkanes of at least 4 members (excludes halogenated alkanes) is 1. The van der Waals surface area contributed by atoms with E-state index >= 15 is 0 Å². The quantitative estimate of drug-likeness (QED) is 0.0431. The summed E-state index contributed by atoms with van der Waals surface area (Å²) in [6.07, 6.45) is -0.596. The number of carboxylic acids is 6. The van der Waals surface area contributed by atoms with Crippen molar-refractivity contribution >= 4 is 35.8 Å². The van der Waals surface area contributed by atoms with Crippen LogP contribution in [0.2, 0.25) is 0 Å². The third kappa shape index (κ3) is 12.0. The number of carbonyl (C=O) groups is 6. The van der Waals surface area contributed by atoms with Crippen LogP contribution in [0.4, 0.5) is 0 Å². The van der Waals surface area contributed by atoms with E-state index in [1.807, 2.05) is 0 Å². The predicted molar refractivity (Wildman–Crippen MR) is 185 cm³/mol. The third-order valence-electron chi connectivity index (χ3n) is 12.6. The van der Waals surface area contributed by atoms with E-state index in [9.17, 15) is 54.3 Å². The highest BCUT2D eigenvalue weighted by Gasteiger charge is 2.58. The van der Waals surface area contributed by atoms with Gasteiger partial charge in [0.2, 0.25) is 0 Å². The molecule has 6 fully saturated rings. The van der Waals surface area contributed by atoms with Crippen LogP contribution in [0.15, 0.2) is 0 Å². The fraction of sp³-hybridized carbons (Fsp3) is 0.842. The van der Waals surface area contributed by atoms with Gasteiger partial charge in [-0.05, 0) is 81.0 Å². The lowest BCUT2D eigenvalue weighted by Crippen LogP contribution is -2.51. The van der Waals surface area contributed by atoms with Crippen LogP contribution in [0, 0.1) is 59.2 Å². The molecule has 0 bridgehead atoms. The molecule has 16 atom stereocenters. The number of epoxide rings is 6. The molecule has 0 spiro atoms. The number of aliphatic carboxylic acids is 6. The maximum atomic E-state index is 13.8. The Balaban J connectivity index is 1.42. The van der Waals surface area contributed by atoms with E-state index in [2.05, 4.69) is 0 Å². The van der Waals surface area contributed by atoms with Gasteiger partial charge in [0.1, 0.15) is 0 Å². The Bertz CT molecular complexity index is 1430. The van der Waals surface area contributed by atoms with E-state index in [0.717, 1.165) is 0 Å². The Morgan fingerprint density at radius 1 is 0.411 bits per heavy atom. The molecule has 0 saturated carbocycles. The van der Waals surface area contributed by atoms with E-state index in [-0.39, 0.29) is 89.0 Å². The van der Waals surface area contributed by atoms with Crippen LogP contribution in [-0.2, 0) is 57.2 Å². The van der Waals surface area contributed by atoms with Crippen LogP contribution in [0.25, 0.3) is 0 Å². The fourth-order valence-corrected chi connectivity index (χ4v) is 9.52. The molecule has 18 nitrogen and oxygen atoms in total. The molecule has 6 saturated heterocycles. The van der Waals surface area contributed by atoms with E-state index in [1.54, 1.807) is 0 Å². The van der Waals surface area contributed by atoms with Gasteiger partial charge in [-0.2, -0.15) is 0 Å². The van der Waals surface area contributed by atoms with Crippen molar-refractivity contribution in [1.82, 2.24) is 0 Å². The molecule has 0 aromatic heterocycles. The van der Waals surface area contributed by atoms with Gasteiger partial charge < -0.3 is 59.1 Å². The Morgan fingerprint density at radius 2 is 0.768 bits per heavy atom. The van der Waals surface area contributed by atoms with Crippen LogP contribution < -0.4 is 0 Å². The van der Waals surface area contributed by atoms with Gasteiger partial charge in [-0.15, -0.1) is 0 Å². The van der Waals surface area contributed by atoms with E-state index in [4.69, 9.17) is 33.5 Å². The average Bonchev–Trinajstić information content (AvgIpc) is 3.90. The zero-order valence-electron chi connectivity index (χ0n) is 31.1. The minimum atomic E-state index is -2.24. The predicted octanol–water partition coefficient (Wildman–Crippen LogP) is 1.95. The van der Waals surface area contributed by atoms with Gasteiger partial charge in [0.15, 0.2) is 0 Å². The molecule has 6 heterocycles. The van der Waals surface area contributed by atoms with Crippen molar-refractivity contribution < 1.29 is 87.8 Å². The second-order valence-electron chi connectivity index (χ2n) is 16.6. The van der Waals surface area contributed by atoms with Crippen LogP contribution in [0.3, 0.4) is 0 Å². The largest absolute Gasteiger partial charge is 0.481 e. The highest BCUT2D eigenvalue weighted by molar-refractivity contribution is 5.89. The van der Waals surface area contributed by atoms with Crippen molar-refractivity contribution in [3.8, 4) is 0 Å². The first-order valence-electron chi connectivity index (χ1n) is 19.8. The molecule has 56 heavy (non-hydrogen) atoms. The van der Waals surface area contributed by atoms with Gasteiger partial charge in [-0.25, -0.2) is 0 Å². The van der Waals surface area contributed by atoms with Crippen LogP contribution >= 0.6 is 0 Å². The number of rotatable bonds is 31. The molecule has 314 valence electrons. The monoisotopic (exact) mass is 798 g/mol. The first-order chi connectivity index (χ1) is 26.7. The molecule has 6 rings (SSSR count). The molecule has 0 amide bonds. The zero-order valence-corrected chi connectivity index (χ0v) is 31.1. The van der Waals surface area contributed by atoms with Crippen molar-refractivity contribution in [2.24, 2.45) is 59.2 Å². The normalized spacial score (nSPS) is 30.9. The van der Waals surface area contributed by atoms with Crippen molar-refractivity contribution in [2.75, 3.05) is 39.6 Å². The standard InChI is InChI=1S/C38H54O18/c39-29(40)4-2-1-3-17(5-18-11-51-18)30(35(43)44)32(37(47)48)33(38(49)50)31(36(45)46)27(9-22-15-55-22)25(7-20-13-53-20)24(6-19-12-52-19)26(8-21-14-54-21)28(34(41)42)10-23-16-56-23/h17-28,30-33H,1-16H2,(H,39,40)(H,41,42)(H,43,44)(H,45,46)(H,47,48)(H,49,50). The highest BCUT2D eigenvalue weighted by atomic mass is 16.6. The van der Waals surface area contributed by atoms with Crippen molar-refractivity contribution in [3.63, 3.8) is 0 Å². The second-order valence-corrected chi connectivity index (χ2v) is 16.6. The Hall–Kier alpha value is -3.42. The lowest BCUT2D eigenvalue weighted by atomic mass is 9.58. The highest BCUT2D eigenvalue weighted by Crippen LogP contribution is 2.52. The molecule has 6 aliphatic rings. The Labute approximate surface area is 323 Å². The van der Waals surface area contributed by atoms with Gasteiger partial charge >= 0.3 is 35.8 Å². The van der Waals surface area contributed by atoms with Crippen LogP contribution in [-0.4, -0.2) is 143 Å². The third-order valence-corrected chi connectivity index (χ3v) is 12.6. The first kappa shape index (κ1) is 42.2. The summed E-state index contributed by atoms with van der Waals surface area (Å²) in [5.41, 5.74) is 0. The van der Waals surface area contributed by atoms with E-state index in [0.29, 0.717) is 39.3 Å². The number of carboxylic acid groups (broad SMARTS) is 6. The minimum absolute atomic E-state index is 0.00882. The SMILES string of the molecule is O=C(O)CCCCC(CC1CO1)C(C(=O)O)C(C(=O)O)C(C(=O)O)C(C(=O)O)C(CC1CO1)C(CC1CO1)C(CC1CO1)C(CC1CO1)C(CC1CO1)C(=O)O. The maximum Gasteiger partial charge on any atom is 0.308 e. The number of hydrogen-bond donors (Lipinski definition) is 6. The van der Waals surface area contributed by atoms with Crippen molar-refractivity contribution in [1.29, 1.82) is 0 Å². The van der Waals surface area contributed by atoms with Crippen LogP contribution in [0.1, 0.15) is 64.2 Å². The topological polar surface area (TPSA) is 299 Å².